The van der Waals surface area contributed by atoms with E-state index in [1.54, 1.807) is 18.3 Å². The lowest BCUT2D eigenvalue weighted by molar-refractivity contribution is 0.590. The molecule has 140 valence electrons. The number of pyridine rings is 2. The lowest BCUT2D eigenvalue weighted by Gasteiger charge is -2.22. The van der Waals surface area contributed by atoms with Gasteiger partial charge in [0.2, 0.25) is 0 Å². The highest BCUT2D eigenvalue weighted by atomic mass is 35.5. The van der Waals surface area contributed by atoms with Crippen molar-refractivity contribution in [3.05, 3.63) is 57.3 Å². The average Bonchev–Trinajstić information content (AvgIpc) is 2.63. The Morgan fingerprint density at radius 3 is 2.30 bits per heavy atom. The van der Waals surface area contributed by atoms with E-state index in [-0.39, 0.29) is 11.1 Å². The minimum Gasteiger partial charge on any atom is -0.248 e. The van der Waals surface area contributed by atoms with Crippen molar-refractivity contribution in [3.63, 3.8) is 0 Å². The van der Waals surface area contributed by atoms with E-state index in [2.05, 4.69) is 42.9 Å². The zero-order valence-corrected chi connectivity index (χ0v) is 18.0. The first-order chi connectivity index (χ1) is 12.7. The summed E-state index contributed by atoms with van der Waals surface area (Å²) in [7, 11) is 0. The average molecular weight is 400 g/mol. The molecule has 0 fully saturated rings. The summed E-state index contributed by atoms with van der Waals surface area (Å²) in [5, 5.41) is 11.0. The maximum Gasteiger partial charge on any atom is 0.151 e. The molecule has 0 unspecified atom stereocenters. The third-order valence-electron chi connectivity index (χ3n) is 4.18. The molecular formula is C22H23Cl2N3. The molecule has 3 nitrogen and oxygen atoms in total. The van der Waals surface area contributed by atoms with Crippen LogP contribution in [0.1, 0.15) is 51.4 Å². The Morgan fingerprint density at radius 2 is 1.70 bits per heavy atom. The molecule has 5 heteroatoms. The number of benzene rings is 1. The molecule has 3 aromatic rings. The first kappa shape index (κ1) is 21.2. The SMILES string of the molecule is CC.Cc1cc(C(C)(C)C)c(Cl)cc1-c1cc(Cl)c2c(C#N)nccc2n1. The molecule has 0 saturated heterocycles. The van der Waals surface area contributed by atoms with E-state index in [4.69, 9.17) is 23.2 Å². The molecule has 3 rings (SSSR count). The van der Waals surface area contributed by atoms with Gasteiger partial charge in [-0.1, -0.05) is 63.9 Å². The van der Waals surface area contributed by atoms with Crippen LogP contribution in [0.4, 0.5) is 0 Å². The van der Waals surface area contributed by atoms with Crippen LogP contribution in [0.25, 0.3) is 22.2 Å². The van der Waals surface area contributed by atoms with Crippen LogP contribution in [0, 0.1) is 18.3 Å². The molecule has 0 aliphatic heterocycles. The second-order valence-corrected chi connectivity index (χ2v) is 7.87. The monoisotopic (exact) mass is 399 g/mol. The number of aromatic nitrogens is 2. The van der Waals surface area contributed by atoms with Gasteiger partial charge in [-0.3, -0.25) is 0 Å². The standard InChI is InChI=1S/C20H17Cl2N3.C2H6/c1-11-7-13(20(2,3)4)14(21)8-12(11)17-9-15(22)19-16(25-17)5-6-24-18(19)10-23;1-2/h5-9H,1-4H3;1-2H3. The molecule has 0 bridgehead atoms. The number of fused-ring (bicyclic) bond motifs is 1. The summed E-state index contributed by atoms with van der Waals surface area (Å²) in [5.41, 5.74) is 4.71. The predicted octanol–water partition coefficient (Wildman–Crippen LogP) is 7.11. The minimum atomic E-state index is -0.0395. The Labute approximate surface area is 171 Å². The molecule has 0 aliphatic carbocycles. The molecule has 0 radical (unpaired) electrons. The topological polar surface area (TPSA) is 49.6 Å². The van der Waals surface area contributed by atoms with E-state index in [0.29, 0.717) is 20.9 Å². The number of halogens is 2. The van der Waals surface area contributed by atoms with E-state index in [1.807, 2.05) is 26.8 Å². The predicted molar refractivity (Wildman–Crippen MR) is 114 cm³/mol. The van der Waals surface area contributed by atoms with Crippen molar-refractivity contribution in [2.75, 3.05) is 0 Å². The smallest absolute Gasteiger partial charge is 0.151 e. The Kier molecular flexibility index (Phi) is 6.46. The second kappa shape index (κ2) is 8.25. The lowest BCUT2D eigenvalue weighted by Crippen LogP contribution is -2.12. The Balaban J connectivity index is 0.00000126. The number of rotatable bonds is 1. The first-order valence-corrected chi connectivity index (χ1v) is 9.64. The van der Waals surface area contributed by atoms with E-state index < -0.39 is 0 Å². The quantitative estimate of drug-likeness (QED) is 0.437. The molecular weight excluding hydrogens is 377 g/mol. The Bertz CT molecular complexity index is 1030. The maximum atomic E-state index is 9.22. The minimum absolute atomic E-state index is 0.0395. The summed E-state index contributed by atoms with van der Waals surface area (Å²) in [6.07, 6.45) is 1.57. The fourth-order valence-electron chi connectivity index (χ4n) is 2.89. The van der Waals surface area contributed by atoms with Gasteiger partial charge in [-0.15, -0.1) is 0 Å². The van der Waals surface area contributed by atoms with Crippen LogP contribution in [0.15, 0.2) is 30.5 Å². The van der Waals surface area contributed by atoms with Gasteiger partial charge in [-0.05, 0) is 41.7 Å². The van der Waals surface area contributed by atoms with Crippen molar-refractivity contribution >= 4 is 34.1 Å². The highest BCUT2D eigenvalue weighted by Gasteiger charge is 2.20. The van der Waals surface area contributed by atoms with Crippen molar-refractivity contribution in [3.8, 4) is 17.3 Å². The summed E-state index contributed by atoms with van der Waals surface area (Å²) >= 11 is 13.0. The Morgan fingerprint density at radius 1 is 1.04 bits per heavy atom. The third kappa shape index (κ3) is 4.24. The van der Waals surface area contributed by atoms with Gasteiger partial charge in [0, 0.05) is 16.8 Å². The number of hydrogen-bond donors (Lipinski definition) is 0. The first-order valence-electron chi connectivity index (χ1n) is 8.88. The fourth-order valence-corrected chi connectivity index (χ4v) is 3.63. The summed E-state index contributed by atoms with van der Waals surface area (Å²) in [6, 6.07) is 9.62. The summed E-state index contributed by atoms with van der Waals surface area (Å²) < 4.78 is 0. The molecule has 0 N–H and O–H groups in total. The molecule has 1 aromatic carbocycles. The third-order valence-corrected chi connectivity index (χ3v) is 4.79. The number of aryl methyl sites for hydroxylation is 1. The molecule has 2 aromatic heterocycles. The summed E-state index contributed by atoms with van der Waals surface area (Å²) in [6.45, 7) is 12.4. The molecule has 0 spiro atoms. The van der Waals surface area contributed by atoms with Crippen LogP contribution in [0.2, 0.25) is 10.0 Å². The molecule has 27 heavy (non-hydrogen) atoms. The molecule has 0 saturated carbocycles. The van der Waals surface area contributed by atoms with Crippen molar-refractivity contribution in [2.24, 2.45) is 0 Å². The maximum absolute atomic E-state index is 9.22. The van der Waals surface area contributed by atoms with Crippen molar-refractivity contribution in [2.45, 2.75) is 47.0 Å². The Hall–Kier alpha value is -2.15. The lowest BCUT2D eigenvalue weighted by atomic mass is 9.85. The zero-order chi connectivity index (χ0) is 20.4. The highest BCUT2D eigenvalue weighted by molar-refractivity contribution is 6.36. The molecule has 0 amide bonds. The normalized spacial score (nSPS) is 10.9. The van der Waals surface area contributed by atoms with E-state index in [9.17, 15) is 5.26 Å². The molecule has 0 aliphatic rings. The number of nitriles is 1. The number of hydrogen-bond acceptors (Lipinski definition) is 3. The van der Waals surface area contributed by atoms with Gasteiger partial charge in [0.15, 0.2) is 5.69 Å². The van der Waals surface area contributed by atoms with Crippen LogP contribution >= 0.6 is 23.2 Å². The molecule has 2 heterocycles. The summed E-state index contributed by atoms with van der Waals surface area (Å²) in [5.74, 6) is 0. The van der Waals surface area contributed by atoms with Crippen LogP contribution < -0.4 is 0 Å². The zero-order valence-electron chi connectivity index (χ0n) is 16.5. The van der Waals surface area contributed by atoms with Crippen LogP contribution in [-0.4, -0.2) is 9.97 Å². The van der Waals surface area contributed by atoms with Crippen molar-refractivity contribution < 1.29 is 0 Å². The number of nitrogens with zero attached hydrogens (tertiary/aromatic N) is 3. The molecule has 0 atom stereocenters. The van der Waals surface area contributed by atoms with Gasteiger partial charge in [-0.25, -0.2) is 9.97 Å². The van der Waals surface area contributed by atoms with Crippen molar-refractivity contribution in [1.82, 2.24) is 9.97 Å². The van der Waals surface area contributed by atoms with Gasteiger partial charge in [0.25, 0.3) is 0 Å². The fraction of sp³-hybridized carbons (Fsp3) is 0.318. The van der Waals surface area contributed by atoms with Gasteiger partial charge in [0.1, 0.15) is 6.07 Å². The summed E-state index contributed by atoms with van der Waals surface area (Å²) in [4.78, 5) is 8.73. The highest BCUT2D eigenvalue weighted by Crippen LogP contribution is 2.36. The van der Waals surface area contributed by atoms with Gasteiger partial charge < -0.3 is 0 Å². The van der Waals surface area contributed by atoms with E-state index >= 15 is 0 Å². The van der Waals surface area contributed by atoms with Crippen LogP contribution in [-0.2, 0) is 5.41 Å². The van der Waals surface area contributed by atoms with Gasteiger partial charge >= 0.3 is 0 Å². The largest absolute Gasteiger partial charge is 0.248 e. The van der Waals surface area contributed by atoms with E-state index in [0.717, 1.165) is 22.4 Å². The van der Waals surface area contributed by atoms with Gasteiger partial charge in [-0.2, -0.15) is 5.26 Å². The van der Waals surface area contributed by atoms with E-state index in [1.165, 1.54) is 0 Å². The second-order valence-electron chi connectivity index (χ2n) is 7.05. The van der Waals surface area contributed by atoms with Crippen molar-refractivity contribution in [1.29, 1.82) is 5.26 Å². The van der Waals surface area contributed by atoms with Crippen LogP contribution in [0.5, 0.6) is 0 Å². The van der Waals surface area contributed by atoms with Gasteiger partial charge in [0.05, 0.1) is 21.6 Å². The van der Waals surface area contributed by atoms with Crippen LogP contribution in [0.3, 0.4) is 0 Å².